The van der Waals surface area contributed by atoms with Gasteiger partial charge in [-0.1, -0.05) is 44.2 Å². The molecule has 1 spiro atoms. The molecule has 2 aliphatic rings. The van der Waals surface area contributed by atoms with Crippen LogP contribution in [0.15, 0.2) is 42.7 Å². The van der Waals surface area contributed by atoms with Crippen LogP contribution in [0.3, 0.4) is 0 Å². The molecule has 2 saturated heterocycles. The van der Waals surface area contributed by atoms with Crippen LogP contribution in [0.5, 0.6) is 0 Å². The van der Waals surface area contributed by atoms with Crippen molar-refractivity contribution in [1.82, 2.24) is 14.9 Å². The van der Waals surface area contributed by atoms with Crippen LogP contribution in [0.2, 0.25) is 0 Å². The average molecular weight is 475 g/mol. The molecule has 2 fully saturated rings. The number of hydrogen-bond donors (Lipinski definition) is 0. The normalized spacial score (nSPS) is 19.5. The number of anilines is 1. The van der Waals surface area contributed by atoms with Crippen molar-refractivity contribution in [1.29, 1.82) is 0 Å². The molecular formula is C25H29F3N4S. The first-order chi connectivity index (χ1) is 15.7. The SMILES string of the molecule is CC(C)C(Cc1ccccc1)N1CC2(CCN(c3ncnc4sc(CC(F)(F)F)cc34)C2)C1. The smallest absolute Gasteiger partial charge is 0.355 e. The molecule has 0 N–H and O–H groups in total. The lowest BCUT2D eigenvalue weighted by Gasteiger charge is -2.53. The van der Waals surface area contributed by atoms with E-state index in [9.17, 15) is 13.2 Å². The standard InChI is InChI=1S/C25H29F3N4S/c1-17(2)21(10-18-6-4-3-5-7-18)32-14-24(15-32)8-9-31(13-24)22-20-11-19(12-25(26,27)28)33-23(20)30-16-29-22/h3-7,11,16-17,21H,8-10,12-15H2,1-2H3. The molecule has 0 amide bonds. The van der Waals surface area contributed by atoms with Crippen molar-refractivity contribution in [3.8, 4) is 0 Å². The number of hydrogen-bond acceptors (Lipinski definition) is 5. The summed E-state index contributed by atoms with van der Waals surface area (Å²) in [6.07, 6.45) is -1.50. The summed E-state index contributed by atoms with van der Waals surface area (Å²) in [4.78, 5) is 14.5. The summed E-state index contributed by atoms with van der Waals surface area (Å²) in [5, 5.41) is 0.749. The van der Waals surface area contributed by atoms with Crippen molar-refractivity contribution in [2.24, 2.45) is 11.3 Å². The predicted molar refractivity (Wildman–Crippen MR) is 127 cm³/mol. The predicted octanol–water partition coefficient (Wildman–Crippen LogP) is 5.58. The van der Waals surface area contributed by atoms with E-state index in [4.69, 9.17) is 0 Å². The van der Waals surface area contributed by atoms with Crippen LogP contribution in [0.4, 0.5) is 19.0 Å². The first-order valence-corrected chi connectivity index (χ1v) is 12.4. The van der Waals surface area contributed by atoms with Gasteiger partial charge in [-0.15, -0.1) is 11.3 Å². The molecule has 5 rings (SSSR count). The minimum atomic E-state index is -4.21. The highest BCUT2D eigenvalue weighted by molar-refractivity contribution is 7.18. The van der Waals surface area contributed by atoms with Crippen molar-refractivity contribution < 1.29 is 13.2 Å². The number of rotatable bonds is 6. The van der Waals surface area contributed by atoms with E-state index in [1.54, 1.807) is 6.07 Å². The van der Waals surface area contributed by atoms with Crippen molar-refractivity contribution in [2.45, 2.75) is 45.3 Å². The Balaban J connectivity index is 1.28. The summed E-state index contributed by atoms with van der Waals surface area (Å²) >= 11 is 1.12. The molecule has 8 heteroatoms. The molecule has 176 valence electrons. The molecule has 2 aliphatic heterocycles. The zero-order valence-corrected chi connectivity index (χ0v) is 19.8. The molecule has 0 aliphatic carbocycles. The molecule has 0 bridgehead atoms. The Labute approximate surface area is 196 Å². The van der Waals surface area contributed by atoms with Crippen LogP contribution < -0.4 is 4.90 Å². The number of benzene rings is 1. The molecule has 2 aromatic heterocycles. The van der Waals surface area contributed by atoms with Crippen molar-refractivity contribution >= 4 is 27.4 Å². The number of fused-ring (bicyclic) bond motifs is 1. The summed E-state index contributed by atoms with van der Waals surface area (Å²) in [5.74, 6) is 1.35. The Morgan fingerprint density at radius 2 is 1.85 bits per heavy atom. The average Bonchev–Trinajstić information content (AvgIpc) is 3.34. The zero-order chi connectivity index (χ0) is 23.2. The first kappa shape index (κ1) is 22.6. The van der Waals surface area contributed by atoms with Gasteiger partial charge < -0.3 is 4.90 Å². The first-order valence-electron chi connectivity index (χ1n) is 11.5. The number of likely N-dealkylation sites (tertiary alicyclic amines) is 1. The van der Waals surface area contributed by atoms with Gasteiger partial charge in [0.25, 0.3) is 0 Å². The van der Waals surface area contributed by atoms with E-state index in [1.165, 1.54) is 11.9 Å². The van der Waals surface area contributed by atoms with Crippen molar-refractivity contribution in [2.75, 3.05) is 31.1 Å². The summed E-state index contributed by atoms with van der Waals surface area (Å²) in [6, 6.07) is 12.8. The Hall–Kier alpha value is -2.19. The van der Waals surface area contributed by atoms with Crippen LogP contribution >= 0.6 is 11.3 Å². The molecule has 4 heterocycles. The largest absolute Gasteiger partial charge is 0.393 e. The van der Waals surface area contributed by atoms with E-state index in [0.717, 1.165) is 61.6 Å². The van der Waals surface area contributed by atoms with E-state index >= 15 is 0 Å². The third kappa shape index (κ3) is 4.73. The Morgan fingerprint density at radius 3 is 2.55 bits per heavy atom. The molecule has 4 nitrogen and oxygen atoms in total. The Morgan fingerprint density at radius 1 is 1.09 bits per heavy atom. The Kier molecular flexibility index (Phi) is 5.85. The summed E-state index contributed by atoms with van der Waals surface area (Å²) in [6.45, 7) is 8.51. The van der Waals surface area contributed by atoms with E-state index < -0.39 is 12.6 Å². The molecule has 1 unspecified atom stereocenters. The lowest BCUT2D eigenvalue weighted by atomic mass is 9.76. The molecular weight excluding hydrogens is 445 g/mol. The maximum absolute atomic E-state index is 12.9. The van der Waals surface area contributed by atoms with Gasteiger partial charge in [-0.25, -0.2) is 9.97 Å². The number of nitrogens with zero attached hydrogens (tertiary/aromatic N) is 4. The van der Waals surface area contributed by atoms with E-state index in [2.05, 4.69) is 63.9 Å². The van der Waals surface area contributed by atoms with Gasteiger partial charge >= 0.3 is 6.18 Å². The third-order valence-electron chi connectivity index (χ3n) is 7.08. The van der Waals surface area contributed by atoms with Crippen LogP contribution in [0.25, 0.3) is 10.2 Å². The highest BCUT2D eigenvalue weighted by Crippen LogP contribution is 2.44. The lowest BCUT2D eigenvalue weighted by molar-refractivity contribution is -0.126. The zero-order valence-electron chi connectivity index (χ0n) is 19.0. The number of alkyl halides is 3. The maximum Gasteiger partial charge on any atom is 0.393 e. The molecule has 3 aromatic rings. The fourth-order valence-corrected chi connectivity index (χ4v) is 6.52. The second kappa shape index (κ2) is 8.55. The van der Waals surface area contributed by atoms with Gasteiger partial charge in [0.05, 0.1) is 11.8 Å². The third-order valence-corrected chi connectivity index (χ3v) is 8.12. The van der Waals surface area contributed by atoms with Crippen molar-refractivity contribution in [3.05, 3.63) is 53.2 Å². The molecule has 0 saturated carbocycles. The summed E-state index contributed by atoms with van der Waals surface area (Å²) in [7, 11) is 0. The summed E-state index contributed by atoms with van der Waals surface area (Å²) < 4.78 is 38.6. The van der Waals surface area contributed by atoms with Gasteiger partial charge in [0.2, 0.25) is 0 Å². The van der Waals surface area contributed by atoms with E-state index in [0.29, 0.717) is 21.7 Å². The molecule has 0 radical (unpaired) electrons. The summed E-state index contributed by atoms with van der Waals surface area (Å²) in [5.41, 5.74) is 1.62. The highest BCUT2D eigenvalue weighted by Gasteiger charge is 2.50. The quantitative estimate of drug-likeness (QED) is 0.467. The van der Waals surface area contributed by atoms with Crippen LogP contribution in [-0.4, -0.2) is 53.3 Å². The topological polar surface area (TPSA) is 32.3 Å². The number of thiophene rings is 1. The van der Waals surface area contributed by atoms with Gasteiger partial charge in [-0.05, 0) is 30.4 Å². The second-order valence-electron chi connectivity index (χ2n) is 10.00. The lowest BCUT2D eigenvalue weighted by Crippen LogP contribution is -2.62. The van der Waals surface area contributed by atoms with Crippen LogP contribution in [0, 0.1) is 11.3 Å². The Bertz CT molecular complexity index is 1110. The van der Waals surface area contributed by atoms with E-state index in [1.807, 2.05) is 0 Å². The number of halogens is 3. The monoisotopic (exact) mass is 474 g/mol. The molecule has 1 atom stereocenters. The number of aromatic nitrogens is 2. The van der Waals surface area contributed by atoms with Gasteiger partial charge in [0.1, 0.15) is 17.0 Å². The highest BCUT2D eigenvalue weighted by atomic mass is 32.1. The van der Waals surface area contributed by atoms with E-state index in [-0.39, 0.29) is 5.41 Å². The van der Waals surface area contributed by atoms with Gasteiger partial charge in [0, 0.05) is 42.5 Å². The fourth-order valence-electron chi connectivity index (χ4n) is 5.50. The van der Waals surface area contributed by atoms with Crippen LogP contribution in [0.1, 0.15) is 30.7 Å². The minimum Gasteiger partial charge on any atom is -0.355 e. The van der Waals surface area contributed by atoms with Gasteiger partial charge in [-0.3, -0.25) is 4.90 Å². The molecule has 1 aromatic carbocycles. The van der Waals surface area contributed by atoms with Crippen LogP contribution in [-0.2, 0) is 12.8 Å². The van der Waals surface area contributed by atoms with Gasteiger partial charge in [-0.2, -0.15) is 13.2 Å². The fraction of sp³-hybridized carbons (Fsp3) is 0.520. The molecule has 33 heavy (non-hydrogen) atoms. The van der Waals surface area contributed by atoms with Crippen molar-refractivity contribution in [3.63, 3.8) is 0 Å². The second-order valence-corrected chi connectivity index (χ2v) is 11.1. The minimum absolute atomic E-state index is 0.242. The maximum atomic E-state index is 12.9. The van der Waals surface area contributed by atoms with Gasteiger partial charge in [0.15, 0.2) is 0 Å².